The summed E-state index contributed by atoms with van der Waals surface area (Å²) in [6.45, 7) is 7.10. The molecule has 0 bridgehead atoms. The maximum absolute atomic E-state index is 12.6. The van der Waals surface area contributed by atoms with E-state index >= 15 is 0 Å². The van der Waals surface area contributed by atoms with Crippen molar-refractivity contribution in [2.75, 3.05) is 6.61 Å². The van der Waals surface area contributed by atoms with E-state index in [1.54, 1.807) is 0 Å². The number of hydrogen-bond donors (Lipinski definition) is 2. The molecule has 21 heavy (non-hydrogen) atoms. The fourth-order valence-corrected chi connectivity index (χ4v) is 3.49. The van der Waals surface area contributed by atoms with Crippen molar-refractivity contribution in [3.05, 3.63) is 35.4 Å². The van der Waals surface area contributed by atoms with Crippen LogP contribution in [0.3, 0.4) is 0 Å². The van der Waals surface area contributed by atoms with Gasteiger partial charge in [-0.1, -0.05) is 39.0 Å². The minimum Gasteiger partial charge on any atom is -0.376 e. The number of amides is 1. The van der Waals surface area contributed by atoms with Gasteiger partial charge >= 0.3 is 0 Å². The predicted octanol–water partition coefficient (Wildman–Crippen LogP) is 1.83. The third-order valence-corrected chi connectivity index (χ3v) is 4.72. The molecule has 2 fully saturated rings. The van der Waals surface area contributed by atoms with Gasteiger partial charge in [0.05, 0.1) is 12.1 Å². The molecule has 1 aliphatic heterocycles. The first-order valence-corrected chi connectivity index (χ1v) is 7.67. The Morgan fingerprint density at radius 1 is 1.33 bits per heavy atom. The highest BCUT2D eigenvalue weighted by atomic mass is 16.5. The van der Waals surface area contributed by atoms with Crippen LogP contribution in [0.25, 0.3) is 0 Å². The van der Waals surface area contributed by atoms with Gasteiger partial charge in [0.15, 0.2) is 0 Å². The fraction of sp³-hybridized carbons (Fsp3) is 0.588. The van der Waals surface area contributed by atoms with Crippen LogP contribution in [0.2, 0.25) is 0 Å². The van der Waals surface area contributed by atoms with Crippen molar-refractivity contribution in [3.8, 4) is 0 Å². The van der Waals surface area contributed by atoms with E-state index in [0.29, 0.717) is 5.92 Å². The summed E-state index contributed by atoms with van der Waals surface area (Å²) in [4.78, 5) is 12.6. The molecule has 4 atom stereocenters. The summed E-state index contributed by atoms with van der Waals surface area (Å²) in [5.41, 5.74) is 7.89. The van der Waals surface area contributed by atoms with Gasteiger partial charge in [-0.05, 0) is 23.5 Å². The van der Waals surface area contributed by atoms with Crippen LogP contribution in [0.5, 0.6) is 0 Å². The highest BCUT2D eigenvalue weighted by molar-refractivity contribution is 5.96. The Balaban J connectivity index is 1.78. The molecule has 1 heterocycles. The smallest absolute Gasteiger partial charge is 0.251 e. The van der Waals surface area contributed by atoms with Crippen molar-refractivity contribution < 1.29 is 9.53 Å². The number of nitrogens with one attached hydrogen (secondary N) is 1. The maximum Gasteiger partial charge on any atom is 0.251 e. The molecule has 0 spiro atoms. The van der Waals surface area contributed by atoms with Crippen molar-refractivity contribution >= 4 is 5.91 Å². The molecule has 0 aromatic heterocycles. The number of rotatable bonds is 2. The van der Waals surface area contributed by atoms with Crippen molar-refractivity contribution in [2.24, 2.45) is 11.7 Å². The van der Waals surface area contributed by atoms with E-state index in [4.69, 9.17) is 10.5 Å². The fourth-order valence-electron chi connectivity index (χ4n) is 3.49. The lowest BCUT2D eigenvalue weighted by molar-refractivity contribution is -0.0161. The third-order valence-electron chi connectivity index (χ3n) is 4.72. The Morgan fingerprint density at radius 2 is 2.05 bits per heavy atom. The first kappa shape index (κ1) is 14.5. The van der Waals surface area contributed by atoms with Crippen LogP contribution in [0.4, 0.5) is 0 Å². The van der Waals surface area contributed by atoms with E-state index in [9.17, 15) is 4.79 Å². The molecule has 1 saturated heterocycles. The zero-order chi connectivity index (χ0) is 15.2. The molecular formula is C17H24N2O2. The number of benzene rings is 1. The Labute approximate surface area is 126 Å². The average molecular weight is 288 g/mol. The summed E-state index contributed by atoms with van der Waals surface area (Å²) in [5, 5.41) is 3.08. The van der Waals surface area contributed by atoms with Crippen LogP contribution >= 0.6 is 0 Å². The largest absolute Gasteiger partial charge is 0.376 e. The quantitative estimate of drug-likeness (QED) is 0.872. The van der Waals surface area contributed by atoms with E-state index in [1.807, 2.05) is 24.3 Å². The molecule has 1 amide bonds. The molecule has 3 rings (SSSR count). The Kier molecular flexibility index (Phi) is 3.54. The van der Waals surface area contributed by atoms with Crippen LogP contribution in [0, 0.1) is 5.92 Å². The monoisotopic (exact) mass is 288 g/mol. The molecule has 1 aromatic carbocycles. The molecule has 1 aromatic rings. The Bertz CT molecular complexity index is 550. The number of fused-ring (bicyclic) bond motifs is 1. The molecule has 0 radical (unpaired) electrons. The van der Waals surface area contributed by atoms with E-state index in [2.05, 4.69) is 26.1 Å². The standard InChI is InChI=1S/C17H24N2O2/c1-17(2,3)12-7-5-4-6-10(12)16(20)19-14-13(18)11-8-9-21-15(11)14/h4-7,11,13-15H,8-9,18H2,1-3H3,(H,19,20). The summed E-state index contributed by atoms with van der Waals surface area (Å²) in [6.07, 6.45) is 1.11. The van der Waals surface area contributed by atoms with E-state index < -0.39 is 0 Å². The van der Waals surface area contributed by atoms with Crippen molar-refractivity contribution in [2.45, 2.75) is 50.8 Å². The molecule has 1 saturated carbocycles. The van der Waals surface area contributed by atoms with E-state index in [0.717, 1.165) is 24.2 Å². The summed E-state index contributed by atoms with van der Waals surface area (Å²) >= 11 is 0. The summed E-state index contributed by atoms with van der Waals surface area (Å²) < 4.78 is 5.67. The molecule has 1 aliphatic carbocycles. The van der Waals surface area contributed by atoms with Crippen LogP contribution in [0.15, 0.2) is 24.3 Å². The van der Waals surface area contributed by atoms with Gasteiger partial charge < -0.3 is 15.8 Å². The number of nitrogens with two attached hydrogens (primary N) is 1. The maximum atomic E-state index is 12.6. The molecule has 114 valence electrons. The van der Waals surface area contributed by atoms with Gasteiger partial charge in [0.1, 0.15) is 0 Å². The van der Waals surface area contributed by atoms with Gasteiger partial charge in [0.25, 0.3) is 5.91 Å². The summed E-state index contributed by atoms with van der Waals surface area (Å²) in [6, 6.07) is 7.74. The normalized spacial score (nSPS) is 31.4. The second-order valence-electron chi connectivity index (χ2n) is 7.16. The highest BCUT2D eigenvalue weighted by Gasteiger charge is 2.52. The minimum absolute atomic E-state index is 0.0169. The van der Waals surface area contributed by atoms with E-state index in [1.165, 1.54) is 0 Å². The van der Waals surface area contributed by atoms with Crippen molar-refractivity contribution in [1.82, 2.24) is 5.32 Å². The second kappa shape index (κ2) is 5.11. The lowest BCUT2D eigenvalue weighted by atomic mass is 9.72. The molecule has 4 heteroatoms. The molecule has 4 nitrogen and oxygen atoms in total. The molecule has 4 unspecified atom stereocenters. The van der Waals surface area contributed by atoms with Crippen LogP contribution < -0.4 is 11.1 Å². The molecule has 3 N–H and O–H groups in total. The van der Waals surface area contributed by atoms with Gasteiger partial charge in [-0.25, -0.2) is 0 Å². The van der Waals surface area contributed by atoms with Gasteiger partial charge in [-0.3, -0.25) is 4.79 Å². The SMILES string of the molecule is CC(C)(C)c1ccccc1C(=O)NC1C(N)C2CCOC21. The number of carbonyl (C=O) groups is 1. The van der Waals surface area contributed by atoms with Crippen LogP contribution in [-0.4, -0.2) is 30.7 Å². The van der Waals surface area contributed by atoms with E-state index in [-0.39, 0.29) is 29.5 Å². The topological polar surface area (TPSA) is 64.4 Å². The summed E-state index contributed by atoms with van der Waals surface area (Å²) in [5.74, 6) is 0.364. The van der Waals surface area contributed by atoms with Gasteiger partial charge in [0, 0.05) is 24.1 Å². The third kappa shape index (κ3) is 2.47. The first-order chi connectivity index (χ1) is 9.89. The zero-order valence-corrected chi connectivity index (χ0v) is 12.9. The van der Waals surface area contributed by atoms with Gasteiger partial charge in [-0.15, -0.1) is 0 Å². The zero-order valence-electron chi connectivity index (χ0n) is 12.9. The average Bonchev–Trinajstić information content (AvgIpc) is 2.88. The van der Waals surface area contributed by atoms with Crippen molar-refractivity contribution in [3.63, 3.8) is 0 Å². The lowest BCUT2D eigenvalue weighted by Crippen LogP contribution is -2.69. The Morgan fingerprint density at radius 3 is 2.76 bits per heavy atom. The predicted molar refractivity (Wildman–Crippen MR) is 82.2 cm³/mol. The van der Waals surface area contributed by atoms with Gasteiger partial charge in [-0.2, -0.15) is 0 Å². The molecular weight excluding hydrogens is 264 g/mol. The Hall–Kier alpha value is -1.39. The number of carbonyl (C=O) groups excluding carboxylic acids is 1. The lowest BCUT2D eigenvalue weighted by Gasteiger charge is -2.45. The second-order valence-corrected chi connectivity index (χ2v) is 7.16. The minimum atomic E-state index is -0.0674. The number of ether oxygens (including phenoxy) is 1. The van der Waals surface area contributed by atoms with Crippen LogP contribution in [0.1, 0.15) is 43.1 Å². The highest BCUT2D eigenvalue weighted by Crippen LogP contribution is 2.38. The van der Waals surface area contributed by atoms with Gasteiger partial charge in [0.2, 0.25) is 0 Å². The van der Waals surface area contributed by atoms with Crippen molar-refractivity contribution in [1.29, 1.82) is 0 Å². The van der Waals surface area contributed by atoms with Crippen LogP contribution in [-0.2, 0) is 10.2 Å². The molecule has 2 aliphatic rings. The first-order valence-electron chi connectivity index (χ1n) is 7.67. The number of hydrogen-bond acceptors (Lipinski definition) is 3. The summed E-state index contributed by atoms with van der Waals surface area (Å²) in [7, 11) is 0.